The lowest BCUT2D eigenvalue weighted by molar-refractivity contribution is -0.137. The number of thiazole rings is 1. The highest BCUT2D eigenvalue weighted by Gasteiger charge is 2.30. The molecule has 1 aromatic heterocycles. The molecular formula is C30H27F3N4OS. The zero-order valence-electron chi connectivity index (χ0n) is 21.0. The van der Waals surface area contributed by atoms with Gasteiger partial charge in [-0.3, -0.25) is 4.79 Å². The third-order valence-corrected chi connectivity index (χ3v) is 7.28. The Morgan fingerprint density at radius 1 is 0.897 bits per heavy atom. The Labute approximate surface area is 229 Å². The summed E-state index contributed by atoms with van der Waals surface area (Å²) in [5.74, 6) is -0.601. The molecule has 9 heteroatoms. The van der Waals surface area contributed by atoms with Gasteiger partial charge in [0.15, 0.2) is 5.13 Å². The molecule has 0 bridgehead atoms. The molecule has 0 radical (unpaired) electrons. The minimum Gasteiger partial charge on any atom is -0.371 e. The molecule has 1 aliphatic heterocycles. The Morgan fingerprint density at radius 2 is 1.67 bits per heavy atom. The van der Waals surface area contributed by atoms with E-state index in [4.69, 9.17) is 0 Å². The fraction of sp³-hybridized carbons (Fsp3) is 0.200. The Balaban J connectivity index is 1.17. The molecule has 0 spiro atoms. The average molecular weight is 549 g/mol. The van der Waals surface area contributed by atoms with Crippen molar-refractivity contribution in [2.24, 2.45) is 0 Å². The Morgan fingerprint density at radius 3 is 2.44 bits per heavy atom. The van der Waals surface area contributed by atoms with Crippen LogP contribution in [0, 0.1) is 0 Å². The summed E-state index contributed by atoms with van der Waals surface area (Å²) in [7, 11) is 0. The molecule has 0 atom stereocenters. The highest BCUT2D eigenvalue weighted by molar-refractivity contribution is 7.16. The van der Waals surface area contributed by atoms with Crippen molar-refractivity contribution in [3.05, 3.63) is 101 Å². The van der Waals surface area contributed by atoms with Crippen LogP contribution in [-0.2, 0) is 6.18 Å². The fourth-order valence-electron chi connectivity index (χ4n) is 4.37. The summed E-state index contributed by atoms with van der Waals surface area (Å²) in [5, 5.41) is 6.84. The summed E-state index contributed by atoms with van der Waals surface area (Å²) in [6.07, 6.45) is 4.97. The number of rotatable bonds is 7. The lowest BCUT2D eigenvalue weighted by Crippen LogP contribution is -2.29. The molecule has 2 N–H and O–H groups in total. The number of anilines is 4. The van der Waals surface area contributed by atoms with Crippen LogP contribution in [0.4, 0.5) is 35.4 Å². The smallest absolute Gasteiger partial charge is 0.371 e. The molecule has 1 fully saturated rings. The maximum Gasteiger partial charge on any atom is 0.416 e. The van der Waals surface area contributed by atoms with E-state index in [0.717, 1.165) is 46.5 Å². The Hall–Kier alpha value is -4.11. The highest BCUT2D eigenvalue weighted by atomic mass is 32.1. The Bertz CT molecular complexity index is 1460. The molecule has 0 unspecified atom stereocenters. The summed E-state index contributed by atoms with van der Waals surface area (Å²) in [6, 6.07) is 19.8. The van der Waals surface area contributed by atoms with Crippen molar-refractivity contribution in [1.82, 2.24) is 4.98 Å². The number of piperidine rings is 1. The number of hydrogen-bond donors (Lipinski definition) is 2. The molecule has 0 aliphatic carbocycles. The first-order valence-corrected chi connectivity index (χ1v) is 13.5. The van der Waals surface area contributed by atoms with E-state index in [1.54, 1.807) is 23.5 Å². The van der Waals surface area contributed by atoms with Gasteiger partial charge in [0, 0.05) is 46.8 Å². The standard InChI is InChI=1S/C30H27F3N4OS/c31-30(32,33)23-7-4-6-22(18-23)28(38)35-24-13-10-21(11-14-24)12-15-27-20-34-29(39-27)36-25-8-5-9-26(19-25)37-16-2-1-3-17-37/h4-15,18-20H,1-3,16-17H2,(H,34,36)(H,35,38)/b15-12+. The van der Waals surface area contributed by atoms with Crippen molar-refractivity contribution in [3.63, 3.8) is 0 Å². The second-order valence-electron chi connectivity index (χ2n) is 9.28. The van der Waals surface area contributed by atoms with Crippen molar-refractivity contribution in [1.29, 1.82) is 0 Å². The minimum atomic E-state index is -4.50. The van der Waals surface area contributed by atoms with E-state index in [2.05, 4.69) is 38.7 Å². The zero-order chi connectivity index (χ0) is 27.2. The topological polar surface area (TPSA) is 57.3 Å². The predicted octanol–water partition coefficient (Wildman–Crippen LogP) is 8.32. The van der Waals surface area contributed by atoms with E-state index in [1.165, 1.54) is 37.1 Å². The van der Waals surface area contributed by atoms with E-state index < -0.39 is 17.6 Å². The number of carbonyl (C=O) groups excluding carboxylic acids is 1. The Kier molecular flexibility index (Phi) is 7.97. The van der Waals surface area contributed by atoms with Gasteiger partial charge in [0.1, 0.15) is 0 Å². The number of nitrogens with one attached hydrogen (secondary N) is 2. The second-order valence-corrected chi connectivity index (χ2v) is 10.3. The summed E-state index contributed by atoms with van der Waals surface area (Å²) in [5.41, 5.74) is 2.72. The van der Waals surface area contributed by atoms with Gasteiger partial charge in [-0.1, -0.05) is 41.7 Å². The number of aromatic nitrogens is 1. The fourth-order valence-corrected chi connectivity index (χ4v) is 5.11. The second kappa shape index (κ2) is 11.7. The van der Waals surface area contributed by atoms with Crippen LogP contribution >= 0.6 is 11.3 Å². The van der Waals surface area contributed by atoms with E-state index >= 15 is 0 Å². The largest absolute Gasteiger partial charge is 0.416 e. The molecule has 200 valence electrons. The van der Waals surface area contributed by atoms with Crippen LogP contribution in [0.25, 0.3) is 12.2 Å². The number of nitrogens with zero attached hydrogens (tertiary/aromatic N) is 2. The molecule has 3 aromatic carbocycles. The van der Waals surface area contributed by atoms with E-state index in [9.17, 15) is 18.0 Å². The molecule has 2 heterocycles. The molecule has 1 amide bonds. The molecule has 1 aliphatic rings. The lowest BCUT2D eigenvalue weighted by Gasteiger charge is -2.29. The summed E-state index contributed by atoms with van der Waals surface area (Å²) >= 11 is 1.54. The first-order chi connectivity index (χ1) is 18.8. The van der Waals surface area contributed by atoms with Gasteiger partial charge in [-0.25, -0.2) is 4.98 Å². The van der Waals surface area contributed by atoms with Crippen LogP contribution in [0.1, 0.15) is 45.6 Å². The third-order valence-electron chi connectivity index (χ3n) is 6.40. The van der Waals surface area contributed by atoms with Crippen LogP contribution in [0.2, 0.25) is 0 Å². The molecular weight excluding hydrogens is 521 g/mol. The summed E-state index contributed by atoms with van der Waals surface area (Å²) in [4.78, 5) is 20.3. The molecule has 1 saturated heterocycles. The number of amides is 1. The van der Waals surface area contributed by atoms with Gasteiger partial charge in [-0.2, -0.15) is 13.2 Å². The van der Waals surface area contributed by atoms with Gasteiger partial charge in [-0.05, 0) is 79.4 Å². The quantitative estimate of drug-likeness (QED) is 0.244. The van der Waals surface area contributed by atoms with Gasteiger partial charge in [-0.15, -0.1) is 0 Å². The van der Waals surface area contributed by atoms with Crippen molar-refractivity contribution in [2.75, 3.05) is 28.6 Å². The van der Waals surface area contributed by atoms with Crippen LogP contribution in [0.5, 0.6) is 0 Å². The molecule has 5 nitrogen and oxygen atoms in total. The predicted molar refractivity (Wildman–Crippen MR) is 153 cm³/mol. The molecule has 5 rings (SSSR count). The summed E-state index contributed by atoms with van der Waals surface area (Å²) in [6.45, 7) is 2.19. The zero-order valence-corrected chi connectivity index (χ0v) is 21.9. The molecule has 39 heavy (non-hydrogen) atoms. The number of alkyl halides is 3. The number of hydrogen-bond acceptors (Lipinski definition) is 5. The van der Waals surface area contributed by atoms with E-state index in [0.29, 0.717) is 5.69 Å². The van der Waals surface area contributed by atoms with Gasteiger partial charge in [0.25, 0.3) is 5.91 Å². The lowest BCUT2D eigenvalue weighted by atomic mass is 10.1. The van der Waals surface area contributed by atoms with Crippen molar-refractivity contribution < 1.29 is 18.0 Å². The minimum absolute atomic E-state index is 0.0540. The first kappa shape index (κ1) is 26.5. The van der Waals surface area contributed by atoms with Crippen molar-refractivity contribution in [2.45, 2.75) is 25.4 Å². The van der Waals surface area contributed by atoms with Crippen LogP contribution in [0.3, 0.4) is 0 Å². The first-order valence-electron chi connectivity index (χ1n) is 12.7. The van der Waals surface area contributed by atoms with Gasteiger partial charge in [0.2, 0.25) is 0 Å². The maximum atomic E-state index is 12.9. The van der Waals surface area contributed by atoms with E-state index in [1.807, 2.05) is 36.5 Å². The van der Waals surface area contributed by atoms with Gasteiger partial charge >= 0.3 is 6.18 Å². The van der Waals surface area contributed by atoms with Crippen molar-refractivity contribution in [3.8, 4) is 0 Å². The molecule has 4 aromatic rings. The monoisotopic (exact) mass is 548 g/mol. The van der Waals surface area contributed by atoms with Crippen LogP contribution in [0.15, 0.2) is 79.0 Å². The van der Waals surface area contributed by atoms with Crippen LogP contribution < -0.4 is 15.5 Å². The normalized spacial score (nSPS) is 14.0. The SMILES string of the molecule is O=C(Nc1ccc(/C=C/c2cnc(Nc3cccc(N4CCCCC4)c3)s2)cc1)c1cccc(C(F)(F)F)c1. The number of carbonyl (C=O) groups is 1. The number of benzene rings is 3. The van der Waals surface area contributed by atoms with Crippen LogP contribution in [-0.4, -0.2) is 24.0 Å². The molecule has 0 saturated carbocycles. The van der Waals surface area contributed by atoms with E-state index in [-0.39, 0.29) is 5.56 Å². The average Bonchev–Trinajstić information content (AvgIpc) is 3.40. The van der Waals surface area contributed by atoms with Gasteiger partial charge in [0.05, 0.1) is 5.56 Å². The maximum absolute atomic E-state index is 12.9. The summed E-state index contributed by atoms with van der Waals surface area (Å²) < 4.78 is 38.8. The van der Waals surface area contributed by atoms with Crippen molar-refractivity contribution >= 4 is 51.6 Å². The highest BCUT2D eigenvalue weighted by Crippen LogP contribution is 2.30. The van der Waals surface area contributed by atoms with Gasteiger partial charge < -0.3 is 15.5 Å². The third kappa shape index (κ3) is 7.06. The number of halogens is 3.